The van der Waals surface area contributed by atoms with E-state index in [0.717, 1.165) is 27.7 Å². The number of nitrogens with one attached hydrogen (secondary N) is 3. The number of H-pyrrole nitrogens is 2. The number of hydrogen-bond donors (Lipinski definition) is 3. The van der Waals surface area contributed by atoms with Crippen LogP contribution in [0, 0.1) is 13.8 Å². The van der Waals surface area contributed by atoms with Gasteiger partial charge in [0, 0.05) is 16.6 Å². The molecule has 6 nitrogen and oxygen atoms in total. The van der Waals surface area contributed by atoms with Crippen LogP contribution in [0.3, 0.4) is 0 Å². The van der Waals surface area contributed by atoms with Gasteiger partial charge < -0.3 is 19.7 Å². The molecule has 4 aromatic rings. The highest BCUT2D eigenvalue weighted by Crippen LogP contribution is 2.27. The molecule has 2 aromatic heterocycles. The Morgan fingerprint density at radius 3 is 2.76 bits per heavy atom. The molecular formula is C19H17N3O3. The summed E-state index contributed by atoms with van der Waals surface area (Å²) in [6.07, 6.45) is 1.86. The minimum absolute atomic E-state index is 0.141. The van der Waals surface area contributed by atoms with E-state index in [1.807, 2.05) is 26.0 Å². The van der Waals surface area contributed by atoms with E-state index in [9.17, 15) is 9.59 Å². The van der Waals surface area contributed by atoms with Gasteiger partial charge in [0.2, 0.25) is 5.91 Å². The minimum Gasteiger partial charge on any atom is -0.464 e. The van der Waals surface area contributed by atoms with Crippen LogP contribution in [-0.2, 0) is 11.2 Å². The molecule has 25 heavy (non-hydrogen) atoms. The number of benzene rings is 2. The number of hydrogen-bond acceptors (Lipinski definition) is 3. The number of amides is 1. The van der Waals surface area contributed by atoms with E-state index in [1.165, 1.54) is 0 Å². The molecule has 2 aromatic carbocycles. The Morgan fingerprint density at radius 2 is 1.92 bits per heavy atom. The molecule has 0 aliphatic carbocycles. The van der Waals surface area contributed by atoms with Gasteiger partial charge in [-0.3, -0.25) is 4.79 Å². The zero-order valence-corrected chi connectivity index (χ0v) is 13.9. The van der Waals surface area contributed by atoms with Gasteiger partial charge in [-0.05, 0) is 43.2 Å². The van der Waals surface area contributed by atoms with E-state index >= 15 is 0 Å². The number of fused-ring (bicyclic) bond motifs is 2. The Labute approximate surface area is 142 Å². The van der Waals surface area contributed by atoms with E-state index in [2.05, 4.69) is 15.3 Å². The second kappa shape index (κ2) is 5.66. The maximum absolute atomic E-state index is 12.4. The summed E-state index contributed by atoms with van der Waals surface area (Å²) < 4.78 is 5.65. The summed E-state index contributed by atoms with van der Waals surface area (Å²) >= 11 is 0. The number of carbonyl (C=O) groups is 1. The third kappa shape index (κ3) is 2.71. The van der Waals surface area contributed by atoms with Crippen LogP contribution in [0.1, 0.15) is 16.7 Å². The van der Waals surface area contributed by atoms with Gasteiger partial charge in [0.15, 0.2) is 0 Å². The molecule has 3 N–H and O–H groups in total. The fourth-order valence-electron chi connectivity index (χ4n) is 3.01. The van der Waals surface area contributed by atoms with E-state index in [1.54, 1.807) is 24.5 Å². The summed E-state index contributed by atoms with van der Waals surface area (Å²) in [6, 6.07) is 9.25. The van der Waals surface area contributed by atoms with Crippen molar-refractivity contribution < 1.29 is 9.21 Å². The van der Waals surface area contributed by atoms with Gasteiger partial charge in [0.1, 0.15) is 5.58 Å². The number of aromatic amines is 2. The van der Waals surface area contributed by atoms with Gasteiger partial charge in [0.05, 0.1) is 23.7 Å². The van der Waals surface area contributed by atoms with Gasteiger partial charge in [-0.25, -0.2) is 4.79 Å². The average molecular weight is 335 g/mol. The Morgan fingerprint density at radius 1 is 1.12 bits per heavy atom. The van der Waals surface area contributed by atoms with Crippen molar-refractivity contribution in [1.29, 1.82) is 0 Å². The average Bonchev–Trinajstić information content (AvgIpc) is 3.13. The summed E-state index contributed by atoms with van der Waals surface area (Å²) in [5.41, 5.74) is 5.65. The summed E-state index contributed by atoms with van der Waals surface area (Å²) in [6.45, 7) is 4.04. The molecular weight excluding hydrogens is 318 g/mol. The van der Waals surface area contributed by atoms with E-state index < -0.39 is 0 Å². The molecule has 0 aliphatic heterocycles. The lowest BCUT2D eigenvalue weighted by Crippen LogP contribution is -2.14. The van der Waals surface area contributed by atoms with E-state index in [0.29, 0.717) is 16.7 Å². The first kappa shape index (κ1) is 15.3. The molecule has 2 heterocycles. The Kier molecular flexibility index (Phi) is 3.46. The zero-order valence-electron chi connectivity index (χ0n) is 13.9. The van der Waals surface area contributed by atoms with Gasteiger partial charge in [0.25, 0.3) is 0 Å². The van der Waals surface area contributed by atoms with Crippen LogP contribution in [0.4, 0.5) is 5.69 Å². The molecule has 0 saturated heterocycles. The van der Waals surface area contributed by atoms with Crippen molar-refractivity contribution in [1.82, 2.24) is 9.97 Å². The van der Waals surface area contributed by atoms with E-state index in [-0.39, 0.29) is 18.0 Å². The largest absolute Gasteiger partial charge is 0.464 e. The predicted molar refractivity (Wildman–Crippen MR) is 96.9 cm³/mol. The van der Waals surface area contributed by atoms with Crippen LogP contribution < -0.4 is 11.0 Å². The van der Waals surface area contributed by atoms with Crippen LogP contribution in [0.5, 0.6) is 0 Å². The number of aromatic nitrogens is 2. The van der Waals surface area contributed by atoms with Crippen molar-refractivity contribution in [3.05, 3.63) is 63.8 Å². The highest BCUT2D eigenvalue weighted by molar-refractivity contribution is 5.97. The lowest BCUT2D eigenvalue weighted by molar-refractivity contribution is -0.115. The number of rotatable bonds is 3. The van der Waals surface area contributed by atoms with Crippen molar-refractivity contribution in [2.24, 2.45) is 0 Å². The molecule has 1 amide bonds. The van der Waals surface area contributed by atoms with E-state index in [4.69, 9.17) is 4.42 Å². The summed E-state index contributed by atoms with van der Waals surface area (Å²) in [5, 5.41) is 3.82. The molecule has 0 bridgehead atoms. The predicted octanol–water partition coefficient (Wildman–Crippen LogP) is 3.40. The SMILES string of the molecule is Cc1ccc2c(CC(=O)Nc3ccc4[nH]c(=O)[nH]c4c3)coc2c1C. The van der Waals surface area contributed by atoms with Crippen LogP contribution in [-0.4, -0.2) is 15.9 Å². The first-order valence-corrected chi connectivity index (χ1v) is 7.99. The summed E-state index contributed by atoms with van der Waals surface area (Å²) in [7, 11) is 0. The highest BCUT2D eigenvalue weighted by Gasteiger charge is 2.13. The monoisotopic (exact) mass is 335 g/mol. The van der Waals surface area contributed by atoms with Crippen LogP contribution in [0.25, 0.3) is 22.0 Å². The topological polar surface area (TPSA) is 90.9 Å². The third-order valence-corrected chi connectivity index (χ3v) is 4.49. The Hall–Kier alpha value is -3.28. The standard InChI is InChI=1S/C19H17N3O3/c1-10-3-5-14-12(9-25-18(14)11(10)2)7-17(23)20-13-4-6-15-16(8-13)22-19(24)21-15/h3-6,8-9H,7H2,1-2H3,(H,20,23)(H2,21,22,24). The molecule has 6 heteroatoms. The summed E-state index contributed by atoms with van der Waals surface area (Å²) in [4.78, 5) is 29.0. The normalized spacial score (nSPS) is 11.3. The Balaban J connectivity index is 1.57. The number of furan rings is 1. The van der Waals surface area contributed by atoms with Gasteiger partial charge in [-0.15, -0.1) is 0 Å². The van der Waals surface area contributed by atoms with Crippen LogP contribution in [0.15, 0.2) is 45.8 Å². The number of imidazole rings is 1. The zero-order chi connectivity index (χ0) is 17.6. The number of carbonyl (C=O) groups excluding carboxylic acids is 1. The summed E-state index contributed by atoms with van der Waals surface area (Å²) in [5.74, 6) is -0.141. The van der Waals surface area contributed by atoms with Crippen molar-refractivity contribution in [3.63, 3.8) is 0 Å². The Bertz CT molecular complexity index is 1160. The molecule has 4 rings (SSSR count). The quantitative estimate of drug-likeness (QED) is 0.536. The van der Waals surface area contributed by atoms with Crippen molar-refractivity contribution in [3.8, 4) is 0 Å². The molecule has 0 fully saturated rings. The lowest BCUT2D eigenvalue weighted by atomic mass is 10.0. The maximum atomic E-state index is 12.4. The second-order valence-electron chi connectivity index (χ2n) is 6.21. The maximum Gasteiger partial charge on any atom is 0.323 e. The molecule has 0 spiro atoms. The van der Waals surface area contributed by atoms with Crippen LogP contribution >= 0.6 is 0 Å². The van der Waals surface area contributed by atoms with Crippen molar-refractivity contribution in [2.45, 2.75) is 20.3 Å². The third-order valence-electron chi connectivity index (χ3n) is 4.49. The number of anilines is 1. The molecule has 0 atom stereocenters. The van der Waals surface area contributed by atoms with Crippen molar-refractivity contribution >= 4 is 33.6 Å². The van der Waals surface area contributed by atoms with Crippen LogP contribution in [0.2, 0.25) is 0 Å². The fourth-order valence-corrected chi connectivity index (χ4v) is 3.01. The highest BCUT2D eigenvalue weighted by atomic mass is 16.3. The van der Waals surface area contributed by atoms with Gasteiger partial charge in [-0.2, -0.15) is 0 Å². The number of aryl methyl sites for hydroxylation is 2. The minimum atomic E-state index is -0.269. The first-order valence-electron chi connectivity index (χ1n) is 7.99. The smallest absolute Gasteiger partial charge is 0.323 e. The molecule has 0 saturated carbocycles. The van der Waals surface area contributed by atoms with Crippen molar-refractivity contribution in [2.75, 3.05) is 5.32 Å². The molecule has 0 unspecified atom stereocenters. The van der Waals surface area contributed by atoms with Gasteiger partial charge >= 0.3 is 5.69 Å². The molecule has 0 radical (unpaired) electrons. The molecule has 0 aliphatic rings. The second-order valence-corrected chi connectivity index (χ2v) is 6.21. The lowest BCUT2D eigenvalue weighted by Gasteiger charge is -2.05. The van der Waals surface area contributed by atoms with Gasteiger partial charge in [-0.1, -0.05) is 12.1 Å². The molecule has 126 valence electrons. The first-order chi connectivity index (χ1) is 12.0. The fraction of sp³-hybridized carbons (Fsp3) is 0.158.